The lowest BCUT2D eigenvalue weighted by Gasteiger charge is -2.07. The van der Waals surface area contributed by atoms with E-state index < -0.39 is 5.91 Å². The summed E-state index contributed by atoms with van der Waals surface area (Å²) in [7, 11) is 0. The van der Waals surface area contributed by atoms with Gasteiger partial charge in [-0.1, -0.05) is 0 Å². The van der Waals surface area contributed by atoms with Gasteiger partial charge in [-0.2, -0.15) is 0 Å². The fourth-order valence-electron chi connectivity index (χ4n) is 2.09. The number of rotatable bonds is 5. The Labute approximate surface area is 159 Å². The van der Waals surface area contributed by atoms with Crippen LogP contribution in [0.3, 0.4) is 0 Å². The first-order valence-corrected chi connectivity index (χ1v) is 9.63. The summed E-state index contributed by atoms with van der Waals surface area (Å²) in [6, 6.07) is 10.5. The predicted molar refractivity (Wildman–Crippen MR) is 102 cm³/mol. The molecule has 0 fully saturated rings. The molecule has 1 aromatic carbocycles. The Hall–Kier alpha value is -2.71. The van der Waals surface area contributed by atoms with Crippen molar-refractivity contribution in [3.05, 3.63) is 76.0 Å². The van der Waals surface area contributed by atoms with Crippen LogP contribution in [0.25, 0.3) is 0 Å². The molecular weight excluding hydrogens is 368 g/mol. The molecule has 2 heterocycles. The normalized spacial score (nSPS) is 10.3. The van der Waals surface area contributed by atoms with Gasteiger partial charge in [0, 0.05) is 34.0 Å². The fourth-order valence-corrected chi connectivity index (χ4v) is 3.60. The zero-order valence-electron chi connectivity index (χ0n) is 13.9. The molecule has 8 heteroatoms. The minimum Gasteiger partial charge on any atom is -0.267 e. The van der Waals surface area contributed by atoms with Crippen LogP contribution in [0.5, 0.6) is 0 Å². The third kappa shape index (κ3) is 4.90. The van der Waals surface area contributed by atoms with Crippen molar-refractivity contribution in [3.63, 3.8) is 0 Å². The summed E-state index contributed by atoms with van der Waals surface area (Å²) in [5.41, 5.74) is 6.65. The van der Waals surface area contributed by atoms with Crippen molar-refractivity contribution in [2.75, 3.05) is 0 Å². The quantitative estimate of drug-likeness (QED) is 0.521. The Morgan fingerprint density at radius 1 is 1.08 bits per heavy atom. The molecule has 2 aromatic heterocycles. The van der Waals surface area contributed by atoms with E-state index in [-0.39, 0.29) is 5.91 Å². The molecule has 2 amide bonds. The number of amides is 2. The van der Waals surface area contributed by atoms with Crippen LogP contribution in [0.15, 0.2) is 59.1 Å². The van der Waals surface area contributed by atoms with Crippen molar-refractivity contribution in [3.8, 4) is 0 Å². The molecular formula is C18H16N4O2S2. The summed E-state index contributed by atoms with van der Waals surface area (Å²) in [6.45, 7) is 1.99. The Morgan fingerprint density at radius 3 is 2.42 bits per heavy atom. The fraction of sp³-hybridized carbons (Fsp3) is 0.111. The van der Waals surface area contributed by atoms with Crippen molar-refractivity contribution < 1.29 is 9.59 Å². The van der Waals surface area contributed by atoms with E-state index in [2.05, 4.69) is 26.2 Å². The number of nitrogens with zero attached hydrogens (tertiary/aromatic N) is 2. The number of hydrazine groups is 1. The summed E-state index contributed by atoms with van der Waals surface area (Å²) in [4.78, 5) is 33.3. The molecule has 0 aliphatic rings. The number of pyridine rings is 1. The number of hydrogen-bond acceptors (Lipinski definition) is 6. The standard InChI is InChI=1S/C18H16N4O2S2/c1-12-20-15(10-25-12)11-26-16-6-4-13(5-7-16)17(23)21-22-18(24)14-3-2-8-19-9-14/h2-10H,11H2,1H3,(H,21,23)(H,22,24). The second-order valence-corrected chi connectivity index (χ2v) is 7.43. The van der Waals surface area contributed by atoms with Gasteiger partial charge >= 0.3 is 0 Å². The van der Waals surface area contributed by atoms with Gasteiger partial charge in [0.05, 0.1) is 16.3 Å². The van der Waals surface area contributed by atoms with Crippen LogP contribution in [0.1, 0.15) is 31.4 Å². The van der Waals surface area contributed by atoms with Gasteiger partial charge < -0.3 is 0 Å². The molecule has 3 aromatic rings. The Bertz CT molecular complexity index is 895. The molecule has 3 rings (SSSR count). The molecule has 0 saturated carbocycles. The van der Waals surface area contributed by atoms with Crippen molar-refractivity contribution in [2.24, 2.45) is 0 Å². The van der Waals surface area contributed by atoms with Crippen LogP contribution in [-0.4, -0.2) is 21.8 Å². The third-order valence-corrected chi connectivity index (χ3v) is 5.25. The molecule has 6 nitrogen and oxygen atoms in total. The molecule has 0 radical (unpaired) electrons. The minimum absolute atomic E-state index is 0.372. The molecule has 0 unspecified atom stereocenters. The smallest absolute Gasteiger partial charge is 0.267 e. The van der Waals surface area contributed by atoms with Crippen LogP contribution >= 0.6 is 23.1 Å². The SMILES string of the molecule is Cc1nc(CSc2ccc(C(=O)NNC(=O)c3cccnc3)cc2)cs1. The second kappa shape index (κ2) is 8.59. The first-order chi connectivity index (χ1) is 12.6. The van der Waals surface area contributed by atoms with Crippen LogP contribution in [0.2, 0.25) is 0 Å². The number of benzene rings is 1. The molecule has 26 heavy (non-hydrogen) atoms. The molecule has 0 aliphatic carbocycles. The highest BCUT2D eigenvalue weighted by atomic mass is 32.2. The van der Waals surface area contributed by atoms with Gasteiger partial charge in [-0.25, -0.2) is 4.98 Å². The van der Waals surface area contributed by atoms with Crippen molar-refractivity contribution >= 4 is 34.9 Å². The third-order valence-electron chi connectivity index (χ3n) is 3.38. The van der Waals surface area contributed by atoms with Crippen LogP contribution in [0.4, 0.5) is 0 Å². The van der Waals surface area contributed by atoms with Crippen molar-refractivity contribution in [2.45, 2.75) is 17.6 Å². The van der Waals surface area contributed by atoms with E-state index in [0.29, 0.717) is 11.1 Å². The van der Waals surface area contributed by atoms with Crippen LogP contribution in [0, 0.1) is 6.92 Å². The van der Waals surface area contributed by atoms with E-state index in [0.717, 1.165) is 21.3 Å². The molecule has 0 aliphatic heterocycles. The minimum atomic E-state index is -0.419. The van der Waals surface area contributed by atoms with E-state index in [4.69, 9.17) is 0 Å². The lowest BCUT2D eigenvalue weighted by molar-refractivity contribution is 0.0846. The van der Waals surface area contributed by atoms with E-state index in [1.807, 2.05) is 19.1 Å². The van der Waals surface area contributed by atoms with E-state index in [1.54, 1.807) is 53.6 Å². The van der Waals surface area contributed by atoms with Gasteiger partial charge in [0.1, 0.15) is 0 Å². The van der Waals surface area contributed by atoms with E-state index in [9.17, 15) is 9.59 Å². The highest BCUT2D eigenvalue weighted by molar-refractivity contribution is 7.98. The molecule has 0 bridgehead atoms. The zero-order valence-corrected chi connectivity index (χ0v) is 15.6. The number of carbonyl (C=O) groups excluding carboxylic acids is 2. The Morgan fingerprint density at radius 2 is 1.81 bits per heavy atom. The van der Waals surface area contributed by atoms with Gasteiger partial charge in [0.2, 0.25) is 0 Å². The first kappa shape index (κ1) is 18.1. The first-order valence-electron chi connectivity index (χ1n) is 7.76. The van der Waals surface area contributed by atoms with Gasteiger partial charge in [0.25, 0.3) is 11.8 Å². The number of nitrogens with one attached hydrogen (secondary N) is 2. The maximum atomic E-state index is 12.1. The monoisotopic (exact) mass is 384 g/mol. The molecule has 2 N–H and O–H groups in total. The highest BCUT2D eigenvalue weighted by Gasteiger charge is 2.09. The van der Waals surface area contributed by atoms with Crippen molar-refractivity contribution in [1.29, 1.82) is 0 Å². The van der Waals surface area contributed by atoms with Gasteiger partial charge in [-0.3, -0.25) is 25.4 Å². The largest absolute Gasteiger partial charge is 0.271 e. The second-order valence-electron chi connectivity index (χ2n) is 5.32. The van der Waals surface area contributed by atoms with Crippen LogP contribution in [-0.2, 0) is 5.75 Å². The predicted octanol–water partition coefficient (Wildman–Crippen LogP) is 3.21. The van der Waals surface area contributed by atoms with E-state index in [1.165, 1.54) is 6.20 Å². The molecule has 0 atom stereocenters. The maximum absolute atomic E-state index is 12.1. The molecule has 132 valence electrons. The maximum Gasteiger partial charge on any atom is 0.271 e. The Kier molecular flexibility index (Phi) is 5.98. The van der Waals surface area contributed by atoms with E-state index >= 15 is 0 Å². The summed E-state index contributed by atoms with van der Waals surface area (Å²) < 4.78 is 0. The van der Waals surface area contributed by atoms with Crippen LogP contribution < -0.4 is 10.9 Å². The summed E-state index contributed by atoms with van der Waals surface area (Å²) in [5, 5.41) is 3.11. The number of thiazole rings is 1. The lowest BCUT2D eigenvalue weighted by atomic mass is 10.2. The average molecular weight is 384 g/mol. The summed E-state index contributed by atoms with van der Waals surface area (Å²) >= 11 is 3.29. The van der Waals surface area contributed by atoms with Crippen molar-refractivity contribution in [1.82, 2.24) is 20.8 Å². The molecule has 0 spiro atoms. The average Bonchev–Trinajstić information content (AvgIpc) is 3.10. The number of carbonyl (C=O) groups is 2. The van der Waals surface area contributed by atoms with Gasteiger partial charge in [-0.15, -0.1) is 23.1 Å². The lowest BCUT2D eigenvalue weighted by Crippen LogP contribution is -2.41. The number of aryl methyl sites for hydroxylation is 1. The van der Waals surface area contributed by atoms with Gasteiger partial charge in [0.15, 0.2) is 0 Å². The highest BCUT2D eigenvalue weighted by Crippen LogP contribution is 2.23. The Balaban J connectivity index is 1.51. The number of hydrogen-bond donors (Lipinski definition) is 2. The molecule has 0 saturated heterocycles. The summed E-state index contributed by atoms with van der Waals surface area (Å²) in [5.74, 6) is -0.0112. The summed E-state index contributed by atoms with van der Waals surface area (Å²) in [6.07, 6.45) is 3.00. The zero-order chi connectivity index (χ0) is 18.4. The topological polar surface area (TPSA) is 84.0 Å². The van der Waals surface area contributed by atoms with Gasteiger partial charge in [-0.05, 0) is 43.3 Å². The number of aromatic nitrogens is 2. The number of thioether (sulfide) groups is 1.